The van der Waals surface area contributed by atoms with Gasteiger partial charge in [0.15, 0.2) is 0 Å². The minimum Gasteiger partial charge on any atom is -0.478 e. The van der Waals surface area contributed by atoms with E-state index < -0.39 is 5.97 Å². The van der Waals surface area contributed by atoms with Crippen molar-refractivity contribution in [3.8, 4) is 0 Å². The molecule has 0 atom stereocenters. The molecule has 0 radical (unpaired) electrons. The van der Waals surface area contributed by atoms with E-state index in [1.54, 1.807) is 0 Å². The molecule has 1 aliphatic carbocycles. The molecule has 0 amide bonds. The van der Waals surface area contributed by atoms with E-state index in [0.717, 1.165) is 18.4 Å². The van der Waals surface area contributed by atoms with Crippen LogP contribution in [0.25, 0.3) is 0 Å². The highest BCUT2D eigenvalue weighted by Crippen LogP contribution is 2.50. The van der Waals surface area contributed by atoms with Crippen LogP contribution in [-0.2, 0) is 4.79 Å². The molecule has 0 heterocycles. The topological polar surface area (TPSA) is 37.3 Å². The predicted octanol–water partition coefficient (Wildman–Crippen LogP) is 1.82. The first-order valence-corrected chi connectivity index (χ1v) is 3.46. The molecular weight excluding hydrogens is 128 g/mol. The Morgan fingerprint density at radius 2 is 2.10 bits per heavy atom. The van der Waals surface area contributed by atoms with Crippen LogP contribution in [0.3, 0.4) is 0 Å². The van der Waals surface area contributed by atoms with Gasteiger partial charge in [0.05, 0.1) is 0 Å². The summed E-state index contributed by atoms with van der Waals surface area (Å²) in [6, 6.07) is 0. The normalized spacial score (nSPS) is 22.4. The van der Waals surface area contributed by atoms with E-state index in [1.807, 2.05) is 6.92 Å². The largest absolute Gasteiger partial charge is 0.478 e. The summed E-state index contributed by atoms with van der Waals surface area (Å²) in [6.45, 7) is 3.99. The van der Waals surface area contributed by atoms with Gasteiger partial charge in [0.2, 0.25) is 0 Å². The Hall–Kier alpha value is -0.790. The van der Waals surface area contributed by atoms with Crippen molar-refractivity contribution in [3.05, 3.63) is 11.6 Å². The monoisotopic (exact) mass is 140 g/mol. The van der Waals surface area contributed by atoms with Crippen LogP contribution in [0.5, 0.6) is 0 Å². The molecule has 1 aliphatic rings. The molecule has 0 aromatic carbocycles. The van der Waals surface area contributed by atoms with Crippen molar-refractivity contribution in [3.63, 3.8) is 0 Å². The molecule has 0 unspecified atom stereocenters. The van der Waals surface area contributed by atoms with Crippen LogP contribution in [0.2, 0.25) is 0 Å². The second-order valence-corrected chi connectivity index (χ2v) is 3.23. The lowest BCUT2D eigenvalue weighted by Crippen LogP contribution is -1.98. The fourth-order valence-corrected chi connectivity index (χ4v) is 0.941. The number of hydrogen-bond donors (Lipinski definition) is 1. The second kappa shape index (κ2) is 2.11. The molecule has 56 valence electrons. The van der Waals surface area contributed by atoms with Crippen molar-refractivity contribution in [1.29, 1.82) is 0 Å². The molecule has 1 fully saturated rings. The molecule has 0 bridgehead atoms. The Balaban J connectivity index is 2.64. The number of aliphatic carboxylic acids is 1. The number of carboxylic acids is 1. The summed E-state index contributed by atoms with van der Waals surface area (Å²) in [4.78, 5) is 10.2. The number of carboxylic acid groups (broad SMARTS) is 1. The van der Waals surface area contributed by atoms with Gasteiger partial charge in [-0.2, -0.15) is 0 Å². The minimum absolute atomic E-state index is 0.221. The summed E-state index contributed by atoms with van der Waals surface area (Å²) in [7, 11) is 0. The zero-order valence-electron chi connectivity index (χ0n) is 6.35. The summed E-state index contributed by atoms with van der Waals surface area (Å²) in [5.74, 6) is -0.828. The molecule has 1 rings (SSSR count). The number of allylic oxidation sites excluding steroid dienone is 1. The first kappa shape index (κ1) is 7.32. The highest BCUT2D eigenvalue weighted by molar-refractivity contribution is 5.80. The molecule has 2 nitrogen and oxygen atoms in total. The van der Waals surface area contributed by atoms with Crippen LogP contribution in [0, 0.1) is 5.41 Å². The van der Waals surface area contributed by atoms with E-state index in [1.165, 1.54) is 6.08 Å². The molecule has 0 aliphatic heterocycles. The third kappa shape index (κ3) is 1.38. The van der Waals surface area contributed by atoms with Gasteiger partial charge in [0, 0.05) is 6.08 Å². The van der Waals surface area contributed by atoms with E-state index in [2.05, 4.69) is 6.92 Å². The molecule has 0 aromatic heterocycles. The minimum atomic E-state index is -0.828. The smallest absolute Gasteiger partial charge is 0.328 e. The van der Waals surface area contributed by atoms with Crippen molar-refractivity contribution in [2.24, 2.45) is 5.41 Å². The molecule has 0 saturated heterocycles. The Morgan fingerprint density at radius 1 is 1.60 bits per heavy atom. The molecule has 1 saturated carbocycles. The summed E-state index contributed by atoms with van der Waals surface area (Å²) in [5, 5.41) is 8.40. The molecule has 1 N–H and O–H groups in total. The maximum absolute atomic E-state index is 10.2. The summed E-state index contributed by atoms with van der Waals surface area (Å²) in [5.41, 5.74) is 1.22. The van der Waals surface area contributed by atoms with Gasteiger partial charge in [-0.15, -0.1) is 0 Å². The van der Waals surface area contributed by atoms with Gasteiger partial charge in [-0.05, 0) is 25.2 Å². The Morgan fingerprint density at radius 3 is 2.40 bits per heavy atom. The Labute approximate surface area is 60.6 Å². The SMILES string of the molecule is CC(=CC(=O)O)C1(C)CC1. The van der Waals surface area contributed by atoms with Gasteiger partial charge in [0.25, 0.3) is 0 Å². The highest BCUT2D eigenvalue weighted by Gasteiger charge is 2.38. The van der Waals surface area contributed by atoms with E-state index in [9.17, 15) is 4.79 Å². The number of rotatable bonds is 2. The molecule has 10 heavy (non-hydrogen) atoms. The van der Waals surface area contributed by atoms with E-state index >= 15 is 0 Å². The number of carbonyl (C=O) groups is 1. The lowest BCUT2D eigenvalue weighted by molar-refractivity contribution is -0.131. The highest BCUT2D eigenvalue weighted by atomic mass is 16.4. The first-order chi connectivity index (χ1) is 4.54. The van der Waals surface area contributed by atoms with Crippen LogP contribution in [-0.4, -0.2) is 11.1 Å². The zero-order chi connectivity index (χ0) is 7.78. The second-order valence-electron chi connectivity index (χ2n) is 3.23. The van der Waals surface area contributed by atoms with Gasteiger partial charge < -0.3 is 5.11 Å². The van der Waals surface area contributed by atoms with Crippen molar-refractivity contribution < 1.29 is 9.90 Å². The van der Waals surface area contributed by atoms with Gasteiger partial charge in [-0.1, -0.05) is 12.5 Å². The van der Waals surface area contributed by atoms with Crippen LogP contribution < -0.4 is 0 Å². The molecular formula is C8H12O2. The number of hydrogen-bond acceptors (Lipinski definition) is 1. The average Bonchev–Trinajstić information content (AvgIpc) is 2.47. The predicted molar refractivity (Wildman–Crippen MR) is 38.7 cm³/mol. The van der Waals surface area contributed by atoms with Crippen LogP contribution in [0.15, 0.2) is 11.6 Å². The average molecular weight is 140 g/mol. The van der Waals surface area contributed by atoms with Crippen molar-refractivity contribution >= 4 is 5.97 Å². The van der Waals surface area contributed by atoms with E-state index in [4.69, 9.17) is 5.11 Å². The fraction of sp³-hybridized carbons (Fsp3) is 0.625. The van der Waals surface area contributed by atoms with Gasteiger partial charge in [-0.3, -0.25) is 0 Å². The summed E-state index contributed by atoms with van der Waals surface area (Å²) in [6.07, 6.45) is 3.60. The third-order valence-electron chi connectivity index (χ3n) is 2.29. The quantitative estimate of drug-likeness (QED) is 0.594. The van der Waals surface area contributed by atoms with Crippen molar-refractivity contribution in [1.82, 2.24) is 0 Å². The summed E-state index contributed by atoms with van der Waals surface area (Å²) >= 11 is 0. The summed E-state index contributed by atoms with van der Waals surface area (Å²) < 4.78 is 0. The molecule has 0 spiro atoms. The zero-order valence-corrected chi connectivity index (χ0v) is 6.35. The molecule has 2 heteroatoms. The lowest BCUT2D eigenvalue weighted by atomic mass is 10.00. The maximum atomic E-state index is 10.2. The lowest BCUT2D eigenvalue weighted by Gasteiger charge is -2.05. The standard InChI is InChI=1S/C8H12O2/c1-6(5-7(9)10)8(2)3-4-8/h5H,3-4H2,1-2H3,(H,9,10). The third-order valence-corrected chi connectivity index (χ3v) is 2.29. The van der Waals surface area contributed by atoms with E-state index in [-0.39, 0.29) is 5.41 Å². The molecule has 0 aromatic rings. The van der Waals surface area contributed by atoms with Crippen molar-refractivity contribution in [2.45, 2.75) is 26.7 Å². The Kier molecular flexibility index (Phi) is 1.55. The van der Waals surface area contributed by atoms with Crippen molar-refractivity contribution in [2.75, 3.05) is 0 Å². The van der Waals surface area contributed by atoms with Crippen LogP contribution in [0.4, 0.5) is 0 Å². The Bertz CT molecular complexity index is 187. The fourth-order valence-electron chi connectivity index (χ4n) is 0.941. The maximum Gasteiger partial charge on any atom is 0.328 e. The first-order valence-electron chi connectivity index (χ1n) is 3.46. The van der Waals surface area contributed by atoms with Gasteiger partial charge >= 0.3 is 5.97 Å². The van der Waals surface area contributed by atoms with E-state index in [0.29, 0.717) is 0 Å². The van der Waals surface area contributed by atoms with Gasteiger partial charge in [0.1, 0.15) is 0 Å². The van der Waals surface area contributed by atoms with Crippen LogP contribution in [0.1, 0.15) is 26.7 Å². The van der Waals surface area contributed by atoms with Gasteiger partial charge in [-0.25, -0.2) is 4.79 Å². The van der Waals surface area contributed by atoms with Crippen LogP contribution >= 0.6 is 0 Å².